The molecule has 0 fully saturated rings. The Hall–Kier alpha value is -2.10. The molecule has 1 unspecified atom stereocenters. The summed E-state index contributed by atoms with van der Waals surface area (Å²) < 4.78 is 0. The van der Waals surface area contributed by atoms with Crippen molar-refractivity contribution in [2.24, 2.45) is 4.99 Å². The molecule has 4 heteroatoms. The summed E-state index contributed by atoms with van der Waals surface area (Å²) in [4.78, 5) is 16.1. The van der Waals surface area contributed by atoms with Gasteiger partial charge in [0, 0.05) is 23.4 Å². The molecular formula is C14H15N3O. The normalized spacial score (nSPS) is 22.8. The van der Waals surface area contributed by atoms with Crippen molar-refractivity contribution in [3.05, 3.63) is 47.2 Å². The molecule has 1 atom stereocenters. The van der Waals surface area contributed by atoms with Crippen molar-refractivity contribution < 1.29 is 4.79 Å². The predicted molar refractivity (Wildman–Crippen MR) is 70.6 cm³/mol. The van der Waals surface area contributed by atoms with Crippen LogP contribution in [0.25, 0.3) is 0 Å². The van der Waals surface area contributed by atoms with Gasteiger partial charge in [-0.25, -0.2) is 4.79 Å². The van der Waals surface area contributed by atoms with E-state index in [9.17, 15) is 4.79 Å². The van der Waals surface area contributed by atoms with E-state index in [4.69, 9.17) is 0 Å². The van der Waals surface area contributed by atoms with Crippen LogP contribution in [0.1, 0.15) is 18.9 Å². The SMILES string of the molecule is CC1=C2C(c3ccccc3)=NCCC2NC(=O)N1. The Morgan fingerprint density at radius 2 is 2.06 bits per heavy atom. The van der Waals surface area contributed by atoms with Crippen molar-refractivity contribution in [2.75, 3.05) is 6.54 Å². The highest BCUT2D eigenvalue weighted by atomic mass is 16.2. The van der Waals surface area contributed by atoms with Crippen molar-refractivity contribution in [1.82, 2.24) is 10.6 Å². The lowest BCUT2D eigenvalue weighted by Gasteiger charge is -2.32. The first kappa shape index (κ1) is 11.0. The fourth-order valence-corrected chi connectivity index (χ4v) is 2.56. The second-order valence-electron chi connectivity index (χ2n) is 4.57. The molecule has 1 aromatic carbocycles. The molecule has 0 saturated carbocycles. The molecule has 0 spiro atoms. The zero-order valence-corrected chi connectivity index (χ0v) is 10.2. The number of nitrogens with zero attached hydrogens (tertiary/aromatic N) is 1. The van der Waals surface area contributed by atoms with Gasteiger partial charge in [-0.1, -0.05) is 30.3 Å². The Bertz CT molecular complexity index is 545. The molecule has 0 aromatic heterocycles. The number of urea groups is 1. The molecule has 2 amide bonds. The maximum Gasteiger partial charge on any atom is 0.319 e. The van der Waals surface area contributed by atoms with Crippen LogP contribution < -0.4 is 10.6 Å². The lowest BCUT2D eigenvalue weighted by atomic mass is 9.89. The van der Waals surface area contributed by atoms with E-state index in [1.54, 1.807) is 0 Å². The third kappa shape index (κ3) is 1.79. The average Bonchev–Trinajstić information content (AvgIpc) is 2.38. The van der Waals surface area contributed by atoms with E-state index in [0.29, 0.717) is 0 Å². The molecular weight excluding hydrogens is 226 g/mol. The van der Waals surface area contributed by atoms with Crippen LogP contribution in [0.5, 0.6) is 0 Å². The standard InChI is InChI=1S/C14H15N3O/c1-9-12-11(17-14(18)16-9)7-8-15-13(12)10-5-3-2-4-6-10/h2-6,11H,7-8H2,1H3,(H2,16,17,18). The summed E-state index contributed by atoms with van der Waals surface area (Å²) in [5.74, 6) is 0. The zero-order chi connectivity index (χ0) is 12.5. The Morgan fingerprint density at radius 1 is 1.28 bits per heavy atom. The molecule has 2 aliphatic heterocycles. The number of hydrogen-bond acceptors (Lipinski definition) is 2. The van der Waals surface area contributed by atoms with Crippen LogP contribution in [0.2, 0.25) is 0 Å². The lowest BCUT2D eigenvalue weighted by molar-refractivity contribution is 0.238. The largest absolute Gasteiger partial charge is 0.331 e. The minimum Gasteiger partial charge on any atom is -0.331 e. The van der Waals surface area contributed by atoms with Gasteiger partial charge >= 0.3 is 6.03 Å². The van der Waals surface area contributed by atoms with Gasteiger partial charge < -0.3 is 10.6 Å². The molecule has 0 aliphatic carbocycles. The average molecular weight is 241 g/mol. The summed E-state index contributed by atoms with van der Waals surface area (Å²) in [7, 11) is 0. The number of fused-ring (bicyclic) bond motifs is 1. The van der Waals surface area contributed by atoms with E-state index >= 15 is 0 Å². The smallest absolute Gasteiger partial charge is 0.319 e. The van der Waals surface area contributed by atoms with Gasteiger partial charge in [0.1, 0.15) is 0 Å². The number of hydrogen-bond donors (Lipinski definition) is 2. The molecule has 92 valence electrons. The van der Waals surface area contributed by atoms with Crippen LogP contribution in [0.4, 0.5) is 4.79 Å². The summed E-state index contributed by atoms with van der Waals surface area (Å²) in [5.41, 5.74) is 4.13. The number of benzene rings is 1. The van der Waals surface area contributed by atoms with Crippen LogP contribution in [-0.4, -0.2) is 24.3 Å². The maximum atomic E-state index is 11.5. The van der Waals surface area contributed by atoms with E-state index in [0.717, 1.165) is 35.5 Å². The number of nitrogens with one attached hydrogen (secondary N) is 2. The van der Waals surface area contributed by atoms with Crippen LogP contribution >= 0.6 is 0 Å². The Kier molecular flexibility index (Phi) is 2.63. The molecule has 0 radical (unpaired) electrons. The number of aliphatic imine (C=N–C) groups is 1. The summed E-state index contributed by atoms with van der Waals surface area (Å²) in [6.45, 7) is 2.69. The van der Waals surface area contributed by atoms with E-state index in [1.807, 2.05) is 25.1 Å². The quantitative estimate of drug-likeness (QED) is 0.774. The summed E-state index contributed by atoms with van der Waals surface area (Å²) in [6, 6.07) is 10.1. The summed E-state index contributed by atoms with van der Waals surface area (Å²) in [5, 5.41) is 5.79. The van der Waals surface area contributed by atoms with Crippen molar-refractivity contribution in [2.45, 2.75) is 19.4 Å². The monoisotopic (exact) mass is 241 g/mol. The second-order valence-corrected chi connectivity index (χ2v) is 4.57. The van der Waals surface area contributed by atoms with E-state index in [1.165, 1.54) is 0 Å². The minimum atomic E-state index is -0.115. The number of allylic oxidation sites excluding steroid dienone is 1. The highest BCUT2D eigenvalue weighted by molar-refractivity contribution is 6.15. The summed E-state index contributed by atoms with van der Waals surface area (Å²) in [6.07, 6.45) is 0.871. The molecule has 18 heavy (non-hydrogen) atoms. The highest BCUT2D eigenvalue weighted by Gasteiger charge is 2.30. The van der Waals surface area contributed by atoms with Gasteiger partial charge in [0.2, 0.25) is 0 Å². The van der Waals surface area contributed by atoms with E-state index in [2.05, 4.69) is 27.8 Å². The molecule has 1 aromatic rings. The number of carbonyl (C=O) groups excluding carboxylic acids is 1. The van der Waals surface area contributed by atoms with Gasteiger partial charge in [0.25, 0.3) is 0 Å². The maximum absolute atomic E-state index is 11.5. The lowest BCUT2D eigenvalue weighted by Crippen LogP contribution is -2.51. The number of amides is 2. The summed E-state index contributed by atoms with van der Waals surface area (Å²) >= 11 is 0. The molecule has 2 heterocycles. The topological polar surface area (TPSA) is 53.5 Å². The first-order valence-corrected chi connectivity index (χ1v) is 6.14. The zero-order valence-electron chi connectivity index (χ0n) is 10.2. The minimum absolute atomic E-state index is 0.0893. The fourth-order valence-electron chi connectivity index (χ4n) is 2.56. The highest BCUT2D eigenvalue weighted by Crippen LogP contribution is 2.24. The van der Waals surface area contributed by atoms with Crippen molar-refractivity contribution in [3.8, 4) is 0 Å². The Labute approximate surface area is 106 Å². The Balaban J connectivity index is 2.08. The predicted octanol–water partition coefficient (Wildman–Crippen LogP) is 1.83. The number of rotatable bonds is 1. The molecule has 4 nitrogen and oxygen atoms in total. The fraction of sp³-hybridized carbons (Fsp3) is 0.286. The third-order valence-electron chi connectivity index (χ3n) is 3.35. The van der Waals surface area contributed by atoms with E-state index < -0.39 is 0 Å². The molecule has 2 N–H and O–H groups in total. The van der Waals surface area contributed by atoms with Crippen molar-refractivity contribution in [1.29, 1.82) is 0 Å². The molecule has 0 saturated heterocycles. The molecule has 2 aliphatic rings. The second kappa shape index (κ2) is 4.29. The first-order chi connectivity index (χ1) is 8.75. The first-order valence-electron chi connectivity index (χ1n) is 6.14. The third-order valence-corrected chi connectivity index (χ3v) is 3.35. The molecule has 0 bridgehead atoms. The van der Waals surface area contributed by atoms with Crippen molar-refractivity contribution in [3.63, 3.8) is 0 Å². The van der Waals surface area contributed by atoms with E-state index in [-0.39, 0.29) is 12.1 Å². The molecule has 3 rings (SSSR count). The van der Waals surface area contributed by atoms with Gasteiger partial charge in [-0.15, -0.1) is 0 Å². The van der Waals surface area contributed by atoms with Gasteiger partial charge in [0.05, 0.1) is 11.8 Å². The van der Waals surface area contributed by atoms with Gasteiger partial charge in [-0.05, 0) is 13.3 Å². The number of carbonyl (C=O) groups is 1. The van der Waals surface area contributed by atoms with Crippen LogP contribution in [0.15, 0.2) is 46.6 Å². The van der Waals surface area contributed by atoms with Crippen LogP contribution in [-0.2, 0) is 0 Å². The Morgan fingerprint density at radius 3 is 2.83 bits per heavy atom. The van der Waals surface area contributed by atoms with Crippen molar-refractivity contribution >= 4 is 11.7 Å². The van der Waals surface area contributed by atoms with Crippen LogP contribution in [0, 0.1) is 0 Å². The van der Waals surface area contributed by atoms with Gasteiger partial charge in [-0.2, -0.15) is 0 Å². The van der Waals surface area contributed by atoms with Crippen LogP contribution in [0.3, 0.4) is 0 Å². The van der Waals surface area contributed by atoms with Gasteiger partial charge in [-0.3, -0.25) is 4.99 Å². The van der Waals surface area contributed by atoms with Gasteiger partial charge in [0.15, 0.2) is 0 Å².